The maximum Gasteiger partial charge on any atom is 0.330 e. The number of carbonyl (C=O) groups excluding carboxylic acids is 1. The zero-order valence-corrected chi connectivity index (χ0v) is 15.2. The smallest absolute Gasteiger partial charge is 0.330 e. The second kappa shape index (κ2) is 8.37. The first-order valence-corrected chi connectivity index (χ1v) is 8.48. The summed E-state index contributed by atoms with van der Waals surface area (Å²) in [6.45, 7) is 6.11. The Balaban J connectivity index is 2.27. The van der Waals surface area contributed by atoms with Crippen LogP contribution in [-0.4, -0.2) is 33.7 Å². The van der Waals surface area contributed by atoms with Crippen molar-refractivity contribution in [3.8, 4) is 0 Å². The Bertz CT molecular complexity index is 882. The number of aromatic amines is 1. The number of nitrogen functional groups attached to an aromatic ring is 1. The van der Waals surface area contributed by atoms with Crippen molar-refractivity contribution in [2.75, 3.05) is 29.0 Å². The van der Waals surface area contributed by atoms with Gasteiger partial charge in [0.05, 0.1) is 6.54 Å². The van der Waals surface area contributed by atoms with Crippen molar-refractivity contribution >= 4 is 23.2 Å². The summed E-state index contributed by atoms with van der Waals surface area (Å²) < 4.78 is 6.22. The molecule has 2 aromatic heterocycles. The van der Waals surface area contributed by atoms with E-state index in [0.29, 0.717) is 24.7 Å². The van der Waals surface area contributed by atoms with Crippen molar-refractivity contribution < 1.29 is 9.32 Å². The van der Waals surface area contributed by atoms with E-state index in [2.05, 4.69) is 15.5 Å². The number of unbranched alkanes of at least 4 members (excludes halogenated alkanes) is 1. The molecule has 26 heavy (non-hydrogen) atoms. The molecule has 0 radical (unpaired) electrons. The van der Waals surface area contributed by atoms with Crippen LogP contribution in [0.15, 0.2) is 20.2 Å². The predicted octanol–water partition coefficient (Wildman–Crippen LogP) is 0.680. The molecule has 2 rings (SSSR count). The van der Waals surface area contributed by atoms with Gasteiger partial charge in [0.2, 0.25) is 5.91 Å². The normalized spacial score (nSPS) is 10.7. The van der Waals surface area contributed by atoms with E-state index in [9.17, 15) is 14.4 Å². The number of H-pyrrole nitrogens is 1. The zero-order chi connectivity index (χ0) is 19.3. The zero-order valence-electron chi connectivity index (χ0n) is 15.2. The molecule has 0 aliphatic rings. The lowest BCUT2D eigenvalue weighted by molar-refractivity contribution is -0.115. The molecular weight excluding hydrogens is 340 g/mol. The van der Waals surface area contributed by atoms with E-state index in [1.807, 2.05) is 6.92 Å². The summed E-state index contributed by atoms with van der Waals surface area (Å²) in [5.74, 6) is 0.527. The minimum absolute atomic E-state index is 0.0548. The number of anilines is 3. The summed E-state index contributed by atoms with van der Waals surface area (Å²) in [7, 11) is 0. The summed E-state index contributed by atoms with van der Waals surface area (Å²) in [4.78, 5) is 40.3. The van der Waals surface area contributed by atoms with E-state index in [1.54, 1.807) is 19.9 Å². The first kappa shape index (κ1) is 19.3. The number of rotatable bonds is 8. The van der Waals surface area contributed by atoms with E-state index >= 15 is 0 Å². The highest BCUT2D eigenvalue weighted by Gasteiger charge is 2.20. The third kappa shape index (κ3) is 4.32. The van der Waals surface area contributed by atoms with Crippen molar-refractivity contribution in [3.05, 3.63) is 32.7 Å². The first-order valence-electron chi connectivity index (χ1n) is 8.48. The van der Waals surface area contributed by atoms with Crippen LogP contribution in [0.3, 0.4) is 0 Å². The van der Waals surface area contributed by atoms with Gasteiger partial charge in [0.1, 0.15) is 17.3 Å². The van der Waals surface area contributed by atoms with Gasteiger partial charge in [-0.1, -0.05) is 18.5 Å². The van der Waals surface area contributed by atoms with Gasteiger partial charge in [-0.25, -0.2) is 4.79 Å². The molecule has 0 saturated heterocycles. The Labute approximate surface area is 150 Å². The van der Waals surface area contributed by atoms with E-state index in [-0.39, 0.29) is 24.0 Å². The lowest BCUT2D eigenvalue weighted by atomic mass is 10.3. The van der Waals surface area contributed by atoms with Crippen LogP contribution in [0.25, 0.3) is 0 Å². The fourth-order valence-electron chi connectivity index (χ4n) is 2.55. The number of likely N-dealkylation sites (N-methyl/N-ethyl adjacent to an activating group) is 1. The van der Waals surface area contributed by atoms with Gasteiger partial charge in [-0.3, -0.25) is 19.1 Å². The quantitative estimate of drug-likeness (QED) is 0.626. The van der Waals surface area contributed by atoms with Crippen LogP contribution < -0.4 is 27.2 Å². The third-order valence-electron chi connectivity index (χ3n) is 3.88. The second-order valence-electron chi connectivity index (χ2n) is 5.88. The molecule has 10 nitrogen and oxygen atoms in total. The van der Waals surface area contributed by atoms with Gasteiger partial charge in [0.25, 0.3) is 5.56 Å². The number of aryl methyl sites for hydroxylation is 1. The summed E-state index contributed by atoms with van der Waals surface area (Å²) in [6.07, 6.45) is 1.62. The molecule has 10 heteroatoms. The third-order valence-corrected chi connectivity index (χ3v) is 3.88. The Morgan fingerprint density at radius 2 is 2.15 bits per heavy atom. The van der Waals surface area contributed by atoms with E-state index < -0.39 is 11.2 Å². The maximum atomic E-state index is 12.3. The SMILES string of the molecule is CCCCn1c(N)c(N(CC)CC(=O)Nc2cc(C)on2)c(=O)[nH]c1=O. The molecule has 0 saturated carbocycles. The highest BCUT2D eigenvalue weighted by molar-refractivity contribution is 5.93. The van der Waals surface area contributed by atoms with Crippen LogP contribution in [-0.2, 0) is 11.3 Å². The van der Waals surface area contributed by atoms with Gasteiger partial charge in [-0.2, -0.15) is 0 Å². The molecule has 0 aliphatic carbocycles. The van der Waals surface area contributed by atoms with Gasteiger partial charge in [0.15, 0.2) is 5.82 Å². The standard InChI is InChI=1S/C16H24N6O4/c1-4-6-7-22-14(17)13(15(24)19-16(22)25)21(5-2)9-12(23)18-11-8-10(3)26-20-11/h8H,4-7,9,17H2,1-3H3,(H,18,20,23)(H,19,24,25). The molecule has 0 aliphatic heterocycles. The van der Waals surface area contributed by atoms with Crippen LogP contribution in [0.1, 0.15) is 32.4 Å². The van der Waals surface area contributed by atoms with Gasteiger partial charge in [-0.05, 0) is 20.3 Å². The van der Waals surface area contributed by atoms with E-state index in [0.717, 1.165) is 12.8 Å². The van der Waals surface area contributed by atoms with Crippen molar-refractivity contribution in [1.29, 1.82) is 0 Å². The fourth-order valence-corrected chi connectivity index (χ4v) is 2.55. The summed E-state index contributed by atoms with van der Waals surface area (Å²) >= 11 is 0. The Kier molecular flexibility index (Phi) is 6.21. The Hall–Kier alpha value is -3.04. The van der Waals surface area contributed by atoms with Crippen molar-refractivity contribution in [1.82, 2.24) is 14.7 Å². The molecule has 0 spiro atoms. The molecule has 0 fully saturated rings. The molecule has 0 aromatic carbocycles. The first-order chi connectivity index (χ1) is 12.4. The van der Waals surface area contributed by atoms with Crippen LogP contribution in [0.5, 0.6) is 0 Å². The molecule has 2 aromatic rings. The van der Waals surface area contributed by atoms with Gasteiger partial charge < -0.3 is 20.5 Å². The lowest BCUT2D eigenvalue weighted by Crippen LogP contribution is -2.41. The second-order valence-corrected chi connectivity index (χ2v) is 5.88. The Morgan fingerprint density at radius 3 is 2.73 bits per heavy atom. The fraction of sp³-hybridized carbons (Fsp3) is 0.500. The highest BCUT2D eigenvalue weighted by atomic mass is 16.5. The molecule has 0 bridgehead atoms. The highest BCUT2D eigenvalue weighted by Crippen LogP contribution is 2.17. The summed E-state index contributed by atoms with van der Waals surface area (Å²) in [5.41, 5.74) is 5.01. The topological polar surface area (TPSA) is 139 Å². The average Bonchev–Trinajstić information content (AvgIpc) is 2.98. The van der Waals surface area contributed by atoms with Gasteiger partial charge in [0, 0.05) is 19.2 Å². The molecule has 4 N–H and O–H groups in total. The number of amides is 1. The van der Waals surface area contributed by atoms with E-state index in [1.165, 1.54) is 9.47 Å². The molecule has 142 valence electrons. The number of nitrogens with zero attached hydrogens (tertiary/aromatic N) is 3. The minimum atomic E-state index is -0.618. The van der Waals surface area contributed by atoms with Crippen molar-refractivity contribution in [3.63, 3.8) is 0 Å². The maximum absolute atomic E-state index is 12.3. The van der Waals surface area contributed by atoms with Gasteiger partial charge >= 0.3 is 5.69 Å². The lowest BCUT2D eigenvalue weighted by Gasteiger charge is -2.24. The largest absolute Gasteiger partial charge is 0.383 e. The molecule has 1 amide bonds. The van der Waals surface area contributed by atoms with Crippen LogP contribution >= 0.6 is 0 Å². The van der Waals surface area contributed by atoms with Gasteiger partial charge in [-0.15, -0.1) is 0 Å². The predicted molar refractivity (Wildman–Crippen MR) is 98.4 cm³/mol. The number of carbonyl (C=O) groups is 1. The number of nitrogens with one attached hydrogen (secondary N) is 2. The number of aromatic nitrogens is 3. The van der Waals surface area contributed by atoms with Crippen molar-refractivity contribution in [2.24, 2.45) is 0 Å². The van der Waals surface area contributed by atoms with Crippen LogP contribution in [0, 0.1) is 6.92 Å². The summed E-state index contributed by atoms with van der Waals surface area (Å²) in [5, 5.41) is 6.28. The molecule has 0 unspecified atom stereocenters. The molecule has 0 atom stereocenters. The average molecular weight is 364 g/mol. The Morgan fingerprint density at radius 1 is 1.42 bits per heavy atom. The minimum Gasteiger partial charge on any atom is -0.383 e. The number of hydrogen-bond donors (Lipinski definition) is 3. The van der Waals surface area contributed by atoms with E-state index in [4.69, 9.17) is 10.3 Å². The van der Waals surface area contributed by atoms with Crippen LogP contribution in [0.4, 0.5) is 17.3 Å². The van der Waals surface area contributed by atoms with Crippen molar-refractivity contribution in [2.45, 2.75) is 40.2 Å². The summed E-state index contributed by atoms with van der Waals surface area (Å²) in [6, 6.07) is 1.58. The number of hydrogen-bond acceptors (Lipinski definition) is 7. The molecule has 2 heterocycles. The monoisotopic (exact) mass is 364 g/mol. The van der Waals surface area contributed by atoms with Crippen LogP contribution in [0.2, 0.25) is 0 Å². The molecular formula is C16H24N6O4. The number of nitrogens with two attached hydrogens (primary N) is 1.